The Kier molecular flexibility index (Phi) is 3.31. The van der Waals surface area contributed by atoms with E-state index in [0.717, 1.165) is 36.7 Å². The van der Waals surface area contributed by atoms with Crippen LogP contribution in [-0.4, -0.2) is 14.1 Å². The zero-order chi connectivity index (χ0) is 12.4. The standard InChI is InChI=1S/C11H17N3O3/c1-2-13-9(15)12-10(16)14(11(13)17)8-6-4-3-5-7-8/h8H,2-7H2,1H3,(H,12,15,16). The minimum atomic E-state index is -0.616. The van der Waals surface area contributed by atoms with E-state index >= 15 is 0 Å². The molecule has 1 aromatic heterocycles. The number of hydrogen-bond acceptors (Lipinski definition) is 3. The van der Waals surface area contributed by atoms with Gasteiger partial charge in [-0.3, -0.25) is 4.98 Å². The Bertz CT molecular complexity index is 561. The van der Waals surface area contributed by atoms with Gasteiger partial charge in [-0.2, -0.15) is 0 Å². The second-order valence-corrected chi connectivity index (χ2v) is 4.42. The molecule has 0 aromatic carbocycles. The zero-order valence-electron chi connectivity index (χ0n) is 9.94. The van der Waals surface area contributed by atoms with Crippen LogP contribution in [0, 0.1) is 0 Å². The molecule has 0 unspecified atom stereocenters. The van der Waals surface area contributed by atoms with Crippen molar-refractivity contribution in [3.05, 3.63) is 31.5 Å². The number of nitrogens with one attached hydrogen (secondary N) is 1. The average molecular weight is 239 g/mol. The highest BCUT2D eigenvalue weighted by molar-refractivity contribution is 4.81. The van der Waals surface area contributed by atoms with E-state index in [0.29, 0.717) is 0 Å². The van der Waals surface area contributed by atoms with Crippen molar-refractivity contribution in [2.24, 2.45) is 0 Å². The first-order chi connectivity index (χ1) is 8.15. The summed E-state index contributed by atoms with van der Waals surface area (Å²) in [5.41, 5.74) is -1.67. The zero-order valence-corrected chi connectivity index (χ0v) is 9.94. The summed E-state index contributed by atoms with van der Waals surface area (Å²) in [7, 11) is 0. The summed E-state index contributed by atoms with van der Waals surface area (Å²) in [4.78, 5) is 37.4. The third-order valence-corrected chi connectivity index (χ3v) is 3.37. The predicted octanol–water partition coefficient (Wildman–Crippen LogP) is 0.223. The monoisotopic (exact) mass is 239 g/mol. The third-order valence-electron chi connectivity index (χ3n) is 3.37. The van der Waals surface area contributed by atoms with E-state index in [-0.39, 0.29) is 12.6 Å². The highest BCUT2D eigenvalue weighted by Crippen LogP contribution is 2.25. The summed E-state index contributed by atoms with van der Waals surface area (Å²) in [6.45, 7) is 1.99. The first-order valence-corrected chi connectivity index (χ1v) is 6.10. The topological polar surface area (TPSA) is 76.9 Å². The maximum atomic E-state index is 12.0. The lowest BCUT2D eigenvalue weighted by Gasteiger charge is -2.23. The van der Waals surface area contributed by atoms with Crippen LogP contribution in [0.5, 0.6) is 0 Å². The normalized spacial score (nSPS) is 17.2. The smallest absolute Gasteiger partial charge is 0.259 e. The Morgan fingerprint density at radius 2 is 1.76 bits per heavy atom. The lowest BCUT2D eigenvalue weighted by Crippen LogP contribution is -2.50. The summed E-state index contributed by atoms with van der Waals surface area (Å²) in [5.74, 6) is 0. The summed E-state index contributed by atoms with van der Waals surface area (Å²) >= 11 is 0. The number of aromatic nitrogens is 3. The van der Waals surface area contributed by atoms with Crippen molar-refractivity contribution in [1.82, 2.24) is 14.1 Å². The molecule has 0 radical (unpaired) electrons. The Balaban J connectivity index is 2.57. The fourth-order valence-electron chi connectivity index (χ4n) is 2.46. The minimum absolute atomic E-state index is 0.0570. The summed E-state index contributed by atoms with van der Waals surface area (Å²) in [6, 6.07) is -0.0570. The largest absolute Gasteiger partial charge is 0.336 e. The van der Waals surface area contributed by atoms with Gasteiger partial charge in [0.15, 0.2) is 0 Å². The average Bonchev–Trinajstić information content (AvgIpc) is 2.30. The van der Waals surface area contributed by atoms with Crippen LogP contribution in [0.4, 0.5) is 0 Å². The SMILES string of the molecule is CCn1c(=O)[nH]c(=O)n(C2CCCCC2)c1=O. The number of nitrogens with zero attached hydrogens (tertiary/aromatic N) is 2. The Morgan fingerprint density at radius 3 is 2.35 bits per heavy atom. The van der Waals surface area contributed by atoms with Crippen molar-refractivity contribution in [1.29, 1.82) is 0 Å². The van der Waals surface area contributed by atoms with Crippen LogP contribution < -0.4 is 17.1 Å². The molecule has 0 amide bonds. The van der Waals surface area contributed by atoms with E-state index in [9.17, 15) is 14.4 Å². The molecule has 1 saturated carbocycles. The molecule has 0 bridgehead atoms. The molecular weight excluding hydrogens is 222 g/mol. The molecule has 1 aliphatic carbocycles. The minimum Gasteiger partial charge on any atom is -0.259 e. The molecule has 2 rings (SSSR count). The molecule has 0 saturated heterocycles. The molecule has 0 atom stereocenters. The van der Waals surface area contributed by atoms with Crippen LogP contribution >= 0.6 is 0 Å². The number of aromatic amines is 1. The molecule has 0 aliphatic heterocycles. The maximum Gasteiger partial charge on any atom is 0.336 e. The molecule has 1 N–H and O–H groups in total. The molecule has 6 heteroatoms. The predicted molar refractivity (Wildman–Crippen MR) is 63.4 cm³/mol. The van der Waals surface area contributed by atoms with Gasteiger partial charge in [-0.05, 0) is 19.8 Å². The fraction of sp³-hybridized carbons (Fsp3) is 0.727. The van der Waals surface area contributed by atoms with Gasteiger partial charge < -0.3 is 0 Å². The Labute approximate surface area is 97.9 Å². The van der Waals surface area contributed by atoms with Gasteiger partial charge in [0, 0.05) is 12.6 Å². The van der Waals surface area contributed by atoms with Gasteiger partial charge in [0.1, 0.15) is 0 Å². The maximum absolute atomic E-state index is 12.0. The van der Waals surface area contributed by atoms with Crippen molar-refractivity contribution >= 4 is 0 Å². The molecule has 1 fully saturated rings. The van der Waals surface area contributed by atoms with Crippen LogP contribution in [0.2, 0.25) is 0 Å². The molecule has 94 valence electrons. The Morgan fingerprint density at radius 1 is 1.12 bits per heavy atom. The highest BCUT2D eigenvalue weighted by atomic mass is 16.2. The highest BCUT2D eigenvalue weighted by Gasteiger charge is 2.20. The first kappa shape index (κ1) is 11.9. The number of H-pyrrole nitrogens is 1. The lowest BCUT2D eigenvalue weighted by atomic mass is 9.95. The van der Waals surface area contributed by atoms with Crippen molar-refractivity contribution in [3.8, 4) is 0 Å². The van der Waals surface area contributed by atoms with Crippen molar-refractivity contribution < 1.29 is 0 Å². The van der Waals surface area contributed by atoms with Gasteiger partial charge >= 0.3 is 17.1 Å². The molecule has 1 aromatic rings. The molecule has 6 nitrogen and oxygen atoms in total. The Hall–Kier alpha value is -1.59. The van der Waals surface area contributed by atoms with Gasteiger partial charge in [-0.15, -0.1) is 0 Å². The van der Waals surface area contributed by atoms with E-state index < -0.39 is 17.1 Å². The van der Waals surface area contributed by atoms with Gasteiger partial charge in [-0.1, -0.05) is 19.3 Å². The van der Waals surface area contributed by atoms with Gasteiger partial charge in [0.25, 0.3) is 0 Å². The van der Waals surface area contributed by atoms with Crippen LogP contribution in [0.3, 0.4) is 0 Å². The van der Waals surface area contributed by atoms with Crippen molar-refractivity contribution in [3.63, 3.8) is 0 Å². The van der Waals surface area contributed by atoms with E-state index in [1.165, 1.54) is 4.57 Å². The second kappa shape index (κ2) is 4.73. The molecular formula is C11H17N3O3. The van der Waals surface area contributed by atoms with Crippen LogP contribution in [0.25, 0.3) is 0 Å². The van der Waals surface area contributed by atoms with Crippen LogP contribution in [0.15, 0.2) is 14.4 Å². The first-order valence-electron chi connectivity index (χ1n) is 6.10. The van der Waals surface area contributed by atoms with Crippen molar-refractivity contribution in [2.75, 3.05) is 0 Å². The lowest BCUT2D eigenvalue weighted by molar-refractivity contribution is 0.321. The van der Waals surface area contributed by atoms with E-state index in [4.69, 9.17) is 0 Å². The van der Waals surface area contributed by atoms with Crippen molar-refractivity contribution in [2.45, 2.75) is 51.6 Å². The molecule has 17 heavy (non-hydrogen) atoms. The third kappa shape index (κ3) is 2.11. The van der Waals surface area contributed by atoms with Gasteiger partial charge in [0.2, 0.25) is 0 Å². The summed E-state index contributed by atoms with van der Waals surface area (Å²) in [5, 5.41) is 0. The number of hydrogen-bond donors (Lipinski definition) is 1. The van der Waals surface area contributed by atoms with E-state index in [1.807, 2.05) is 0 Å². The number of rotatable bonds is 2. The molecule has 1 aliphatic rings. The van der Waals surface area contributed by atoms with E-state index in [2.05, 4.69) is 4.98 Å². The molecule has 0 spiro atoms. The summed E-state index contributed by atoms with van der Waals surface area (Å²) in [6.07, 6.45) is 4.88. The van der Waals surface area contributed by atoms with Crippen LogP contribution in [0.1, 0.15) is 45.1 Å². The molecule has 1 heterocycles. The summed E-state index contributed by atoms with van der Waals surface area (Å²) < 4.78 is 2.28. The van der Waals surface area contributed by atoms with E-state index in [1.54, 1.807) is 6.92 Å². The fourth-order valence-corrected chi connectivity index (χ4v) is 2.46. The van der Waals surface area contributed by atoms with Gasteiger partial charge in [0.05, 0.1) is 0 Å². The second-order valence-electron chi connectivity index (χ2n) is 4.42. The van der Waals surface area contributed by atoms with Gasteiger partial charge in [-0.25, -0.2) is 23.5 Å². The van der Waals surface area contributed by atoms with Crippen LogP contribution in [-0.2, 0) is 6.54 Å². The quantitative estimate of drug-likeness (QED) is 0.802.